The van der Waals surface area contributed by atoms with Crippen LogP contribution in [0.25, 0.3) is 11.0 Å². The molecule has 2 aromatic heterocycles. The van der Waals surface area contributed by atoms with Gasteiger partial charge in [0.15, 0.2) is 0 Å². The Balaban J connectivity index is 1.61. The molecule has 0 aliphatic carbocycles. The summed E-state index contributed by atoms with van der Waals surface area (Å²) in [6, 6.07) is 7.44. The first-order valence-corrected chi connectivity index (χ1v) is 6.34. The van der Waals surface area contributed by atoms with Crippen LogP contribution in [0.5, 0.6) is 0 Å². The van der Waals surface area contributed by atoms with Gasteiger partial charge in [-0.2, -0.15) is 0 Å². The van der Waals surface area contributed by atoms with Crippen molar-refractivity contribution in [3.05, 3.63) is 58.4 Å². The Hall–Kier alpha value is -2.31. The molecule has 0 saturated heterocycles. The van der Waals surface area contributed by atoms with Gasteiger partial charge in [-0.1, -0.05) is 6.07 Å². The molecule has 0 radical (unpaired) electrons. The van der Waals surface area contributed by atoms with Crippen molar-refractivity contribution in [1.29, 1.82) is 0 Å². The van der Waals surface area contributed by atoms with Gasteiger partial charge in [0, 0.05) is 18.7 Å². The molecule has 1 unspecified atom stereocenters. The number of H-pyrrole nitrogens is 2. The molecule has 20 heavy (non-hydrogen) atoms. The van der Waals surface area contributed by atoms with Crippen LogP contribution in [-0.4, -0.2) is 21.6 Å². The molecular formula is C14H15N3O3. The second kappa shape index (κ2) is 5.36. The number of benzene rings is 1. The smallest absolute Gasteiger partial charge is 0.323 e. The monoisotopic (exact) mass is 273 g/mol. The number of rotatable bonds is 5. The van der Waals surface area contributed by atoms with E-state index in [4.69, 9.17) is 4.42 Å². The highest BCUT2D eigenvalue weighted by molar-refractivity contribution is 5.74. The van der Waals surface area contributed by atoms with E-state index in [2.05, 4.69) is 15.3 Å². The van der Waals surface area contributed by atoms with Gasteiger partial charge in [0.2, 0.25) is 0 Å². The fraction of sp³-hybridized carbons (Fsp3) is 0.214. The van der Waals surface area contributed by atoms with Gasteiger partial charge in [0.05, 0.1) is 29.7 Å². The maximum Gasteiger partial charge on any atom is 0.323 e. The van der Waals surface area contributed by atoms with Crippen molar-refractivity contribution in [3.8, 4) is 0 Å². The SMILES string of the molecule is O=c1[nH]c2ccc(CNCC(O)c3ccoc3)cc2[nH]1. The quantitative estimate of drug-likeness (QED) is 0.563. The predicted octanol–water partition coefficient (Wildman–Crippen LogP) is 1.27. The number of hydrogen-bond acceptors (Lipinski definition) is 4. The Morgan fingerprint density at radius 3 is 2.90 bits per heavy atom. The number of furan rings is 1. The van der Waals surface area contributed by atoms with Crippen molar-refractivity contribution in [2.75, 3.05) is 6.54 Å². The molecule has 4 N–H and O–H groups in total. The highest BCUT2D eigenvalue weighted by atomic mass is 16.3. The predicted molar refractivity (Wildman–Crippen MR) is 74.3 cm³/mol. The number of aliphatic hydroxyl groups is 1. The Morgan fingerprint density at radius 1 is 1.25 bits per heavy atom. The summed E-state index contributed by atoms with van der Waals surface area (Å²) in [7, 11) is 0. The summed E-state index contributed by atoms with van der Waals surface area (Å²) >= 11 is 0. The molecule has 0 aliphatic rings. The Morgan fingerprint density at radius 2 is 2.10 bits per heavy atom. The largest absolute Gasteiger partial charge is 0.472 e. The van der Waals surface area contributed by atoms with E-state index in [0.29, 0.717) is 13.1 Å². The number of nitrogens with one attached hydrogen (secondary N) is 3. The van der Waals surface area contributed by atoms with Crippen LogP contribution in [0.15, 0.2) is 46.0 Å². The molecule has 3 rings (SSSR count). The Kier molecular flexibility index (Phi) is 3.41. The molecule has 0 spiro atoms. The standard InChI is InChI=1S/C14H15N3O3/c18-13(10-3-4-20-8-10)7-15-6-9-1-2-11-12(5-9)17-14(19)16-11/h1-5,8,13,15,18H,6-7H2,(H2,16,17,19). The van der Waals surface area contributed by atoms with Gasteiger partial charge in [-0.05, 0) is 23.8 Å². The zero-order valence-electron chi connectivity index (χ0n) is 10.7. The Labute approximate surface area is 114 Å². The summed E-state index contributed by atoms with van der Waals surface area (Å²) in [4.78, 5) is 16.6. The van der Waals surface area contributed by atoms with E-state index in [9.17, 15) is 9.90 Å². The van der Waals surface area contributed by atoms with E-state index in [1.54, 1.807) is 6.07 Å². The summed E-state index contributed by atoms with van der Waals surface area (Å²) in [5.41, 5.74) is 3.15. The average Bonchev–Trinajstić information content (AvgIpc) is 3.05. The summed E-state index contributed by atoms with van der Waals surface area (Å²) in [6.07, 6.45) is 2.47. The van der Waals surface area contributed by atoms with E-state index in [1.807, 2.05) is 18.2 Å². The van der Waals surface area contributed by atoms with Gasteiger partial charge in [-0.25, -0.2) is 4.79 Å². The van der Waals surface area contributed by atoms with Crippen LogP contribution in [0.3, 0.4) is 0 Å². The van der Waals surface area contributed by atoms with Crippen LogP contribution in [0.2, 0.25) is 0 Å². The molecule has 1 aromatic carbocycles. The molecule has 104 valence electrons. The third-order valence-electron chi connectivity index (χ3n) is 3.18. The number of aliphatic hydroxyl groups excluding tert-OH is 1. The van der Waals surface area contributed by atoms with E-state index in [0.717, 1.165) is 22.2 Å². The highest BCUT2D eigenvalue weighted by Crippen LogP contribution is 2.13. The number of aromatic amines is 2. The number of aromatic nitrogens is 2. The highest BCUT2D eigenvalue weighted by Gasteiger charge is 2.08. The first kappa shape index (κ1) is 12.7. The van der Waals surface area contributed by atoms with Gasteiger partial charge in [-0.15, -0.1) is 0 Å². The third kappa shape index (κ3) is 2.66. The summed E-state index contributed by atoms with van der Waals surface area (Å²) < 4.78 is 4.93. The lowest BCUT2D eigenvalue weighted by Gasteiger charge is -2.10. The van der Waals surface area contributed by atoms with Crippen molar-refractivity contribution in [2.24, 2.45) is 0 Å². The lowest BCUT2D eigenvalue weighted by molar-refractivity contribution is 0.173. The molecule has 2 heterocycles. The number of fused-ring (bicyclic) bond motifs is 1. The fourth-order valence-electron chi connectivity index (χ4n) is 2.13. The minimum Gasteiger partial charge on any atom is -0.472 e. The maximum atomic E-state index is 11.2. The molecule has 0 bridgehead atoms. The van der Waals surface area contributed by atoms with Gasteiger partial charge < -0.3 is 24.8 Å². The first-order valence-electron chi connectivity index (χ1n) is 6.34. The van der Waals surface area contributed by atoms with Crippen LogP contribution < -0.4 is 11.0 Å². The van der Waals surface area contributed by atoms with Crippen molar-refractivity contribution in [2.45, 2.75) is 12.6 Å². The lowest BCUT2D eigenvalue weighted by Crippen LogP contribution is -2.20. The Bertz CT molecular complexity index is 742. The molecule has 3 aromatic rings. The zero-order chi connectivity index (χ0) is 13.9. The van der Waals surface area contributed by atoms with Crippen molar-refractivity contribution >= 4 is 11.0 Å². The summed E-state index contributed by atoms with van der Waals surface area (Å²) in [6.45, 7) is 1.04. The lowest BCUT2D eigenvalue weighted by atomic mass is 10.1. The van der Waals surface area contributed by atoms with E-state index >= 15 is 0 Å². The average molecular weight is 273 g/mol. The van der Waals surface area contributed by atoms with Crippen molar-refractivity contribution < 1.29 is 9.52 Å². The molecule has 6 heteroatoms. The van der Waals surface area contributed by atoms with Crippen LogP contribution in [-0.2, 0) is 6.54 Å². The van der Waals surface area contributed by atoms with Crippen LogP contribution in [0, 0.1) is 0 Å². The fourth-order valence-corrected chi connectivity index (χ4v) is 2.13. The zero-order valence-corrected chi connectivity index (χ0v) is 10.7. The molecule has 0 aliphatic heterocycles. The number of imidazole rings is 1. The molecule has 0 saturated carbocycles. The molecular weight excluding hydrogens is 258 g/mol. The minimum absolute atomic E-state index is 0.208. The maximum absolute atomic E-state index is 11.2. The van der Waals surface area contributed by atoms with E-state index in [1.165, 1.54) is 12.5 Å². The molecule has 1 atom stereocenters. The van der Waals surface area contributed by atoms with Gasteiger partial charge in [0.1, 0.15) is 0 Å². The summed E-state index contributed by atoms with van der Waals surface area (Å²) in [5.74, 6) is 0. The second-order valence-corrected chi connectivity index (χ2v) is 4.66. The minimum atomic E-state index is -0.593. The first-order chi connectivity index (χ1) is 9.72. The third-order valence-corrected chi connectivity index (χ3v) is 3.18. The normalized spacial score (nSPS) is 12.8. The second-order valence-electron chi connectivity index (χ2n) is 4.66. The molecule has 0 fully saturated rings. The van der Waals surface area contributed by atoms with E-state index in [-0.39, 0.29) is 5.69 Å². The molecule has 6 nitrogen and oxygen atoms in total. The van der Waals surface area contributed by atoms with Crippen molar-refractivity contribution in [3.63, 3.8) is 0 Å². The van der Waals surface area contributed by atoms with Crippen LogP contribution in [0.1, 0.15) is 17.2 Å². The molecule has 0 amide bonds. The van der Waals surface area contributed by atoms with Gasteiger partial charge in [-0.3, -0.25) is 0 Å². The van der Waals surface area contributed by atoms with Crippen molar-refractivity contribution in [1.82, 2.24) is 15.3 Å². The summed E-state index contributed by atoms with van der Waals surface area (Å²) in [5, 5.41) is 13.1. The topological polar surface area (TPSA) is 94.1 Å². The number of hydrogen-bond donors (Lipinski definition) is 4. The van der Waals surface area contributed by atoms with E-state index < -0.39 is 6.10 Å². The van der Waals surface area contributed by atoms with Gasteiger partial charge in [0.25, 0.3) is 0 Å². The van der Waals surface area contributed by atoms with Crippen LogP contribution in [0.4, 0.5) is 0 Å². The van der Waals surface area contributed by atoms with Gasteiger partial charge >= 0.3 is 5.69 Å². The van der Waals surface area contributed by atoms with Crippen LogP contribution >= 0.6 is 0 Å².